The Morgan fingerprint density at radius 3 is 2.76 bits per heavy atom. The summed E-state index contributed by atoms with van der Waals surface area (Å²) in [5, 5.41) is 2.80. The van der Waals surface area contributed by atoms with Gasteiger partial charge in [-0.15, -0.1) is 0 Å². The molecule has 5 heteroatoms. The van der Waals surface area contributed by atoms with Crippen LogP contribution in [0.1, 0.15) is 26.7 Å². The van der Waals surface area contributed by atoms with Gasteiger partial charge in [-0.2, -0.15) is 0 Å². The Balaban J connectivity index is 2.67. The second-order valence-electron chi connectivity index (χ2n) is 4.82. The third-order valence-corrected chi connectivity index (χ3v) is 2.83. The molecule has 5 nitrogen and oxygen atoms in total. The zero-order chi connectivity index (χ0) is 12.8. The van der Waals surface area contributed by atoms with Gasteiger partial charge in [-0.25, -0.2) is 0 Å². The van der Waals surface area contributed by atoms with Crippen molar-refractivity contribution >= 4 is 11.8 Å². The molecule has 1 fully saturated rings. The number of nitrogens with zero attached hydrogens (tertiary/aromatic N) is 1. The third-order valence-electron chi connectivity index (χ3n) is 2.83. The Labute approximate surface area is 102 Å². The second-order valence-corrected chi connectivity index (χ2v) is 4.82. The zero-order valence-electron chi connectivity index (χ0n) is 10.9. The van der Waals surface area contributed by atoms with E-state index in [1.807, 2.05) is 13.8 Å². The standard InChI is InChI=1S/C12H22N2O3/c1-9(2)8-10-12(16)14(6-7-17-3)5-4-11(15)13-10/h9-10H,4-8H2,1-3H3,(H,13,15). The predicted octanol–water partition coefficient (Wildman–Crippen LogP) is 0.396. The lowest BCUT2D eigenvalue weighted by Crippen LogP contribution is -2.46. The maximum absolute atomic E-state index is 12.2. The number of nitrogens with one attached hydrogen (secondary N) is 1. The average Bonchev–Trinajstić information content (AvgIpc) is 2.38. The van der Waals surface area contributed by atoms with Gasteiger partial charge in [-0.05, 0) is 12.3 Å². The summed E-state index contributed by atoms with van der Waals surface area (Å²) >= 11 is 0. The summed E-state index contributed by atoms with van der Waals surface area (Å²) in [6.45, 7) is 5.64. The number of ether oxygens (including phenoxy) is 1. The molecule has 1 unspecified atom stereocenters. The van der Waals surface area contributed by atoms with E-state index in [1.165, 1.54) is 0 Å². The minimum Gasteiger partial charge on any atom is -0.383 e. The van der Waals surface area contributed by atoms with Crippen LogP contribution in [-0.4, -0.2) is 49.6 Å². The minimum absolute atomic E-state index is 0.0154. The molecule has 0 bridgehead atoms. The van der Waals surface area contributed by atoms with E-state index in [0.29, 0.717) is 38.5 Å². The Morgan fingerprint density at radius 1 is 1.47 bits per heavy atom. The maximum Gasteiger partial charge on any atom is 0.245 e. The molecule has 98 valence electrons. The van der Waals surface area contributed by atoms with Crippen LogP contribution in [0.2, 0.25) is 0 Å². The molecule has 0 aliphatic carbocycles. The summed E-state index contributed by atoms with van der Waals surface area (Å²) in [4.78, 5) is 25.4. The first kappa shape index (κ1) is 14.0. The minimum atomic E-state index is -0.373. The van der Waals surface area contributed by atoms with Gasteiger partial charge in [0, 0.05) is 26.6 Å². The highest BCUT2D eigenvalue weighted by Crippen LogP contribution is 2.11. The van der Waals surface area contributed by atoms with Gasteiger partial charge in [0.25, 0.3) is 0 Å². The first-order valence-corrected chi connectivity index (χ1v) is 6.11. The molecule has 1 heterocycles. The molecule has 1 aliphatic rings. The fraction of sp³-hybridized carbons (Fsp3) is 0.833. The zero-order valence-corrected chi connectivity index (χ0v) is 10.9. The summed E-state index contributed by atoms with van der Waals surface area (Å²) in [5.74, 6) is 0.358. The Bertz CT molecular complexity index is 279. The number of hydrogen-bond donors (Lipinski definition) is 1. The number of rotatable bonds is 5. The largest absolute Gasteiger partial charge is 0.383 e. The third kappa shape index (κ3) is 4.34. The fourth-order valence-electron chi connectivity index (χ4n) is 1.95. The van der Waals surface area contributed by atoms with Crippen molar-refractivity contribution in [2.24, 2.45) is 5.92 Å². The van der Waals surface area contributed by atoms with Gasteiger partial charge in [-0.3, -0.25) is 9.59 Å². The van der Waals surface area contributed by atoms with E-state index < -0.39 is 0 Å². The average molecular weight is 242 g/mol. The van der Waals surface area contributed by atoms with Gasteiger partial charge in [0.05, 0.1) is 6.61 Å². The van der Waals surface area contributed by atoms with Crippen LogP contribution in [0.4, 0.5) is 0 Å². The van der Waals surface area contributed by atoms with E-state index in [-0.39, 0.29) is 17.9 Å². The first-order valence-electron chi connectivity index (χ1n) is 6.11. The lowest BCUT2D eigenvalue weighted by molar-refractivity contribution is -0.134. The van der Waals surface area contributed by atoms with Crippen molar-refractivity contribution in [3.63, 3.8) is 0 Å². The van der Waals surface area contributed by atoms with Crippen molar-refractivity contribution in [1.82, 2.24) is 10.2 Å². The summed E-state index contributed by atoms with van der Waals surface area (Å²) in [5.41, 5.74) is 0. The van der Waals surface area contributed by atoms with Gasteiger partial charge in [-0.1, -0.05) is 13.8 Å². The molecule has 17 heavy (non-hydrogen) atoms. The quantitative estimate of drug-likeness (QED) is 0.759. The molecule has 0 radical (unpaired) electrons. The molecule has 2 amide bonds. The molecular formula is C12H22N2O3. The van der Waals surface area contributed by atoms with Gasteiger partial charge >= 0.3 is 0 Å². The van der Waals surface area contributed by atoms with E-state index in [9.17, 15) is 9.59 Å². The Kier molecular flexibility index (Phi) is 5.41. The normalized spacial score (nSPS) is 21.6. The van der Waals surface area contributed by atoms with Gasteiger partial charge in [0.1, 0.15) is 6.04 Å². The number of carbonyl (C=O) groups excluding carboxylic acids is 2. The molecular weight excluding hydrogens is 220 g/mol. The Hall–Kier alpha value is -1.10. The van der Waals surface area contributed by atoms with Crippen LogP contribution in [0, 0.1) is 5.92 Å². The maximum atomic E-state index is 12.2. The highest BCUT2D eigenvalue weighted by atomic mass is 16.5. The van der Waals surface area contributed by atoms with Crippen molar-refractivity contribution < 1.29 is 14.3 Å². The van der Waals surface area contributed by atoms with E-state index in [1.54, 1.807) is 12.0 Å². The van der Waals surface area contributed by atoms with Crippen LogP contribution in [0.3, 0.4) is 0 Å². The SMILES string of the molecule is COCCN1CCC(=O)NC(CC(C)C)C1=O. The summed E-state index contributed by atoms with van der Waals surface area (Å²) < 4.78 is 4.98. The summed E-state index contributed by atoms with van der Waals surface area (Å²) in [7, 11) is 1.61. The molecule has 0 aromatic carbocycles. The first-order chi connectivity index (χ1) is 8.04. The van der Waals surface area contributed by atoms with E-state index in [4.69, 9.17) is 4.74 Å². The molecule has 1 aliphatic heterocycles. The lowest BCUT2D eigenvalue weighted by Gasteiger charge is -2.24. The van der Waals surface area contributed by atoms with Crippen LogP contribution in [0.5, 0.6) is 0 Å². The highest BCUT2D eigenvalue weighted by molar-refractivity contribution is 5.89. The van der Waals surface area contributed by atoms with Gasteiger partial charge < -0.3 is 15.0 Å². The van der Waals surface area contributed by atoms with Crippen LogP contribution >= 0.6 is 0 Å². The number of amides is 2. The Morgan fingerprint density at radius 2 is 2.18 bits per heavy atom. The molecule has 0 spiro atoms. The molecule has 0 aromatic rings. The van der Waals surface area contributed by atoms with Crippen molar-refractivity contribution in [1.29, 1.82) is 0 Å². The molecule has 1 atom stereocenters. The monoisotopic (exact) mass is 242 g/mol. The van der Waals surface area contributed by atoms with E-state index >= 15 is 0 Å². The molecule has 1 saturated heterocycles. The van der Waals surface area contributed by atoms with Gasteiger partial charge in [0.2, 0.25) is 11.8 Å². The molecule has 1 rings (SSSR count). The molecule has 0 saturated carbocycles. The number of carbonyl (C=O) groups is 2. The van der Waals surface area contributed by atoms with Crippen LogP contribution in [0.25, 0.3) is 0 Å². The van der Waals surface area contributed by atoms with Crippen LogP contribution in [-0.2, 0) is 14.3 Å². The van der Waals surface area contributed by atoms with Crippen molar-refractivity contribution in [3.8, 4) is 0 Å². The van der Waals surface area contributed by atoms with Gasteiger partial charge in [0.15, 0.2) is 0 Å². The van der Waals surface area contributed by atoms with Crippen LogP contribution < -0.4 is 5.32 Å². The topological polar surface area (TPSA) is 58.6 Å². The molecule has 1 N–H and O–H groups in total. The van der Waals surface area contributed by atoms with Crippen molar-refractivity contribution in [2.45, 2.75) is 32.7 Å². The second kappa shape index (κ2) is 6.59. The lowest BCUT2D eigenvalue weighted by atomic mass is 10.0. The molecule has 0 aromatic heterocycles. The smallest absolute Gasteiger partial charge is 0.245 e. The van der Waals surface area contributed by atoms with Crippen LogP contribution in [0.15, 0.2) is 0 Å². The van der Waals surface area contributed by atoms with E-state index in [2.05, 4.69) is 5.32 Å². The summed E-state index contributed by atoms with van der Waals surface area (Å²) in [6.07, 6.45) is 1.07. The fourth-order valence-corrected chi connectivity index (χ4v) is 1.95. The van der Waals surface area contributed by atoms with Crippen molar-refractivity contribution in [2.75, 3.05) is 26.8 Å². The van der Waals surface area contributed by atoms with Crippen molar-refractivity contribution in [3.05, 3.63) is 0 Å². The number of hydrogen-bond acceptors (Lipinski definition) is 3. The van der Waals surface area contributed by atoms with E-state index in [0.717, 1.165) is 0 Å². The highest BCUT2D eigenvalue weighted by Gasteiger charge is 2.29. The number of methoxy groups -OCH3 is 1. The predicted molar refractivity (Wildman–Crippen MR) is 64.5 cm³/mol. The summed E-state index contributed by atoms with van der Waals surface area (Å²) in [6, 6.07) is -0.373.